The minimum Gasteiger partial charge on any atom is -0.480 e. The quantitative estimate of drug-likeness (QED) is 0.518. The predicted molar refractivity (Wildman–Crippen MR) is 73.5 cm³/mol. The maximum Gasteiger partial charge on any atom is 0.326 e. The Hall–Kier alpha value is -0.990. The van der Waals surface area contributed by atoms with E-state index in [0.29, 0.717) is 25.3 Å². The number of amides is 2. The molecule has 7 nitrogen and oxygen atoms in total. The number of carboxylic acid groups (broad SMARTS) is 1. The Morgan fingerprint density at radius 2 is 2.11 bits per heavy atom. The first kappa shape index (κ1) is 18.0. The molecule has 0 aliphatic carbocycles. The number of urea groups is 1. The Morgan fingerprint density at radius 1 is 1.42 bits per heavy atom. The van der Waals surface area contributed by atoms with Crippen LogP contribution in [0.2, 0.25) is 0 Å². The fraction of sp³-hybridized carbons (Fsp3) is 0.818. The molecule has 2 amide bonds. The van der Waals surface area contributed by atoms with Crippen molar-refractivity contribution in [3.05, 3.63) is 0 Å². The molecule has 0 aliphatic heterocycles. The summed E-state index contributed by atoms with van der Waals surface area (Å²) in [6, 6.07) is -1.41. The lowest BCUT2D eigenvalue weighted by Crippen LogP contribution is -2.49. The van der Waals surface area contributed by atoms with E-state index in [1.165, 1.54) is 23.8 Å². The Kier molecular flexibility index (Phi) is 10.3. The van der Waals surface area contributed by atoms with Crippen molar-refractivity contribution in [1.82, 2.24) is 10.2 Å². The fourth-order valence-electron chi connectivity index (χ4n) is 1.37. The lowest BCUT2D eigenvalue weighted by atomic mass is 10.2. The highest BCUT2D eigenvalue weighted by atomic mass is 32.2. The van der Waals surface area contributed by atoms with E-state index in [-0.39, 0.29) is 13.2 Å². The lowest BCUT2D eigenvalue weighted by Gasteiger charge is -2.24. The highest BCUT2D eigenvalue weighted by molar-refractivity contribution is 7.98. The van der Waals surface area contributed by atoms with Crippen molar-refractivity contribution in [1.29, 1.82) is 0 Å². The van der Waals surface area contributed by atoms with E-state index >= 15 is 0 Å². The molecule has 0 aliphatic rings. The minimum absolute atomic E-state index is 0.143. The minimum atomic E-state index is -1.06. The van der Waals surface area contributed by atoms with E-state index in [4.69, 9.17) is 14.9 Å². The Bertz CT molecular complexity index is 278. The lowest BCUT2D eigenvalue weighted by molar-refractivity contribution is -0.139. The van der Waals surface area contributed by atoms with Gasteiger partial charge in [0.15, 0.2) is 0 Å². The van der Waals surface area contributed by atoms with E-state index in [0.717, 1.165) is 0 Å². The van der Waals surface area contributed by atoms with E-state index in [1.807, 2.05) is 6.26 Å². The van der Waals surface area contributed by atoms with Gasteiger partial charge in [0.1, 0.15) is 6.04 Å². The van der Waals surface area contributed by atoms with Crippen molar-refractivity contribution in [3.8, 4) is 0 Å². The van der Waals surface area contributed by atoms with Crippen LogP contribution in [-0.4, -0.2) is 78.6 Å². The monoisotopic (exact) mass is 294 g/mol. The van der Waals surface area contributed by atoms with Crippen LogP contribution in [0.3, 0.4) is 0 Å². The molecule has 1 atom stereocenters. The van der Waals surface area contributed by atoms with Gasteiger partial charge in [-0.2, -0.15) is 11.8 Å². The number of hydrogen-bond donors (Lipinski definition) is 3. The van der Waals surface area contributed by atoms with Gasteiger partial charge in [0.2, 0.25) is 0 Å². The van der Waals surface area contributed by atoms with Crippen molar-refractivity contribution in [2.24, 2.45) is 0 Å². The SMILES string of the molecule is COCCN(CCO)C(=O)N[C@H](CCSC)C(=O)O. The summed E-state index contributed by atoms with van der Waals surface area (Å²) in [5.41, 5.74) is 0. The van der Waals surface area contributed by atoms with E-state index in [2.05, 4.69) is 5.32 Å². The van der Waals surface area contributed by atoms with Crippen molar-refractivity contribution >= 4 is 23.8 Å². The van der Waals surface area contributed by atoms with Crippen LogP contribution in [0.25, 0.3) is 0 Å². The average molecular weight is 294 g/mol. The topological polar surface area (TPSA) is 99.1 Å². The highest BCUT2D eigenvalue weighted by Crippen LogP contribution is 2.02. The molecule has 0 unspecified atom stereocenters. The number of ether oxygens (including phenoxy) is 1. The molecule has 0 spiro atoms. The number of nitrogens with one attached hydrogen (secondary N) is 1. The third-order valence-corrected chi connectivity index (χ3v) is 3.07. The number of aliphatic hydroxyl groups excluding tert-OH is 1. The zero-order valence-electron chi connectivity index (χ0n) is 11.3. The highest BCUT2D eigenvalue weighted by Gasteiger charge is 2.22. The molecule has 0 aromatic carbocycles. The third kappa shape index (κ3) is 7.91. The van der Waals surface area contributed by atoms with Gasteiger partial charge in [-0.3, -0.25) is 0 Å². The number of carbonyl (C=O) groups excluding carboxylic acids is 1. The number of thioether (sulfide) groups is 1. The molecule has 3 N–H and O–H groups in total. The molecule has 0 rings (SSSR count). The number of carboxylic acids is 1. The van der Waals surface area contributed by atoms with Gasteiger partial charge in [-0.25, -0.2) is 9.59 Å². The van der Waals surface area contributed by atoms with Gasteiger partial charge in [0, 0.05) is 20.2 Å². The summed E-state index contributed by atoms with van der Waals surface area (Å²) in [7, 11) is 1.51. The van der Waals surface area contributed by atoms with Crippen LogP contribution in [0.15, 0.2) is 0 Å². The van der Waals surface area contributed by atoms with Crippen molar-refractivity contribution in [2.45, 2.75) is 12.5 Å². The predicted octanol–water partition coefficient (Wildman–Crippen LogP) is -0.157. The first-order chi connectivity index (χ1) is 9.06. The number of carbonyl (C=O) groups is 2. The van der Waals surface area contributed by atoms with Crippen molar-refractivity contribution < 1.29 is 24.5 Å². The van der Waals surface area contributed by atoms with Gasteiger partial charge < -0.3 is 25.2 Å². The number of aliphatic carboxylic acids is 1. The van der Waals surface area contributed by atoms with Crippen LogP contribution in [0.5, 0.6) is 0 Å². The molecule has 0 aromatic heterocycles. The number of rotatable bonds is 10. The molecule has 19 heavy (non-hydrogen) atoms. The molecule has 0 fully saturated rings. The average Bonchev–Trinajstić information content (AvgIpc) is 2.38. The number of hydrogen-bond acceptors (Lipinski definition) is 5. The molecule has 0 radical (unpaired) electrons. The zero-order chi connectivity index (χ0) is 14.7. The molecule has 112 valence electrons. The van der Waals surface area contributed by atoms with Gasteiger partial charge in [-0.15, -0.1) is 0 Å². The second kappa shape index (κ2) is 10.9. The smallest absolute Gasteiger partial charge is 0.326 e. The second-order valence-corrected chi connectivity index (χ2v) is 4.81. The van der Waals surface area contributed by atoms with Gasteiger partial charge in [0.05, 0.1) is 13.2 Å². The summed E-state index contributed by atoms with van der Waals surface area (Å²) >= 11 is 1.52. The van der Waals surface area contributed by atoms with E-state index in [1.54, 1.807) is 0 Å². The number of nitrogens with zero attached hydrogens (tertiary/aromatic N) is 1. The molecule has 0 bridgehead atoms. The Labute approximate surface area is 117 Å². The van der Waals surface area contributed by atoms with Crippen LogP contribution < -0.4 is 5.32 Å². The van der Waals surface area contributed by atoms with Crippen LogP contribution in [0, 0.1) is 0 Å². The third-order valence-electron chi connectivity index (χ3n) is 2.43. The first-order valence-electron chi connectivity index (χ1n) is 5.93. The Balaban J connectivity index is 4.42. The maximum atomic E-state index is 11.9. The van der Waals surface area contributed by atoms with Crippen molar-refractivity contribution in [2.75, 3.05) is 45.4 Å². The van der Waals surface area contributed by atoms with E-state index in [9.17, 15) is 9.59 Å². The zero-order valence-corrected chi connectivity index (χ0v) is 12.1. The van der Waals surface area contributed by atoms with Gasteiger partial charge >= 0.3 is 12.0 Å². The molecular formula is C11H22N2O5S. The summed E-state index contributed by atoms with van der Waals surface area (Å²) in [4.78, 5) is 24.2. The van der Waals surface area contributed by atoms with Crippen LogP contribution in [-0.2, 0) is 9.53 Å². The van der Waals surface area contributed by atoms with Gasteiger partial charge in [-0.05, 0) is 18.4 Å². The molecule has 0 heterocycles. The fourth-order valence-corrected chi connectivity index (χ4v) is 1.84. The van der Waals surface area contributed by atoms with Gasteiger partial charge in [-0.1, -0.05) is 0 Å². The van der Waals surface area contributed by atoms with Crippen LogP contribution in [0.1, 0.15) is 6.42 Å². The normalized spacial score (nSPS) is 11.9. The summed E-state index contributed by atoms with van der Waals surface area (Å²) in [6.45, 7) is 0.595. The molecule has 0 aromatic rings. The molecule has 0 saturated carbocycles. The molecule has 8 heteroatoms. The second-order valence-electron chi connectivity index (χ2n) is 3.83. The first-order valence-corrected chi connectivity index (χ1v) is 7.33. The summed E-state index contributed by atoms with van der Waals surface area (Å²) in [5.74, 6) is -0.409. The van der Waals surface area contributed by atoms with Gasteiger partial charge in [0.25, 0.3) is 0 Å². The largest absolute Gasteiger partial charge is 0.480 e. The Morgan fingerprint density at radius 3 is 2.58 bits per heavy atom. The van der Waals surface area contributed by atoms with Crippen LogP contribution in [0.4, 0.5) is 4.79 Å². The number of methoxy groups -OCH3 is 1. The molecular weight excluding hydrogens is 272 g/mol. The maximum absolute atomic E-state index is 11.9. The standard InChI is InChI=1S/C11H22N2O5S/c1-18-7-5-13(4-6-14)11(17)12-9(10(15)16)3-8-19-2/h9,14H,3-8H2,1-2H3,(H,12,17)(H,15,16)/t9-/m1/s1. The van der Waals surface area contributed by atoms with E-state index < -0.39 is 18.0 Å². The summed E-state index contributed by atoms with van der Waals surface area (Å²) < 4.78 is 4.86. The van der Waals surface area contributed by atoms with Crippen LogP contribution >= 0.6 is 11.8 Å². The summed E-state index contributed by atoms with van der Waals surface area (Å²) in [6.07, 6.45) is 2.23. The molecule has 0 saturated heterocycles. The number of aliphatic hydroxyl groups is 1. The summed E-state index contributed by atoms with van der Waals surface area (Å²) in [5, 5.41) is 20.4. The van der Waals surface area contributed by atoms with Crippen molar-refractivity contribution in [3.63, 3.8) is 0 Å².